The van der Waals surface area contributed by atoms with Crippen molar-refractivity contribution in [1.29, 1.82) is 0 Å². The van der Waals surface area contributed by atoms with Crippen molar-refractivity contribution in [2.75, 3.05) is 14.1 Å². The van der Waals surface area contributed by atoms with E-state index in [1.165, 1.54) is 11.4 Å². The van der Waals surface area contributed by atoms with E-state index in [1.807, 2.05) is 0 Å². The molecule has 0 saturated carbocycles. The van der Waals surface area contributed by atoms with E-state index < -0.39 is 0 Å². The highest BCUT2D eigenvalue weighted by molar-refractivity contribution is 5.32. The number of hydrogen-bond donors (Lipinski definition) is 1. The first-order valence-electron chi connectivity index (χ1n) is 2.90. The van der Waals surface area contributed by atoms with Crippen LogP contribution in [0.2, 0.25) is 0 Å². The van der Waals surface area contributed by atoms with Gasteiger partial charge in [0.05, 0.1) is 20.5 Å². The van der Waals surface area contributed by atoms with Crippen LogP contribution < -0.4 is 0 Å². The second-order valence-electron chi connectivity index (χ2n) is 3.01. The SMILES string of the molecule is C[N+]1(C)C2=C1C(O)C2. The van der Waals surface area contributed by atoms with Crippen molar-refractivity contribution in [3.05, 3.63) is 11.4 Å². The standard InChI is InChI=1S/C6H10NO/c1-7(2)4-3-5(8)6(4)7/h5,8H,3H2,1-2H3/q+1. The summed E-state index contributed by atoms with van der Waals surface area (Å²) in [6, 6.07) is 0. The molecule has 0 spiro atoms. The Morgan fingerprint density at radius 3 is 2.25 bits per heavy atom. The van der Waals surface area contributed by atoms with Crippen molar-refractivity contribution in [2.45, 2.75) is 12.5 Å². The fourth-order valence-electron chi connectivity index (χ4n) is 1.55. The molecule has 2 aliphatic rings. The van der Waals surface area contributed by atoms with Crippen LogP contribution in [0, 0.1) is 0 Å². The van der Waals surface area contributed by atoms with Gasteiger partial charge >= 0.3 is 0 Å². The van der Waals surface area contributed by atoms with Gasteiger partial charge in [0, 0.05) is 0 Å². The molecule has 1 heterocycles. The number of aliphatic hydroxyl groups is 1. The van der Waals surface area contributed by atoms with Crippen LogP contribution in [-0.2, 0) is 0 Å². The van der Waals surface area contributed by atoms with Crippen molar-refractivity contribution >= 4 is 0 Å². The van der Waals surface area contributed by atoms with Gasteiger partial charge in [0.25, 0.3) is 0 Å². The molecule has 0 aromatic rings. The molecule has 1 unspecified atom stereocenters. The Kier molecular flexibility index (Phi) is 0.493. The Morgan fingerprint density at radius 1 is 1.62 bits per heavy atom. The van der Waals surface area contributed by atoms with E-state index in [-0.39, 0.29) is 6.10 Å². The quantitative estimate of drug-likeness (QED) is 0.439. The Bertz CT molecular complexity index is 181. The van der Waals surface area contributed by atoms with E-state index in [0.717, 1.165) is 10.9 Å². The van der Waals surface area contributed by atoms with E-state index in [1.54, 1.807) is 0 Å². The minimum Gasteiger partial charge on any atom is -0.382 e. The Balaban J connectivity index is 2.25. The lowest BCUT2D eigenvalue weighted by Crippen LogP contribution is -2.16. The molecule has 1 aliphatic carbocycles. The summed E-state index contributed by atoms with van der Waals surface area (Å²) in [6.07, 6.45) is 0.822. The van der Waals surface area contributed by atoms with Crippen LogP contribution in [0.4, 0.5) is 0 Å². The molecule has 0 bridgehead atoms. The predicted molar refractivity (Wildman–Crippen MR) is 29.8 cm³/mol. The second kappa shape index (κ2) is 0.870. The lowest BCUT2D eigenvalue weighted by molar-refractivity contribution is -0.737. The number of likely N-dealkylation sites (tertiary alicyclic amines) is 1. The summed E-state index contributed by atoms with van der Waals surface area (Å²) in [5.74, 6) is 0. The van der Waals surface area contributed by atoms with E-state index in [2.05, 4.69) is 14.1 Å². The largest absolute Gasteiger partial charge is 0.382 e. The van der Waals surface area contributed by atoms with Crippen molar-refractivity contribution in [1.82, 2.24) is 0 Å². The fraction of sp³-hybridized carbons (Fsp3) is 0.667. The molecule has 0 fully saturated rings. The Morgan fingerprint density at radius 2 is 2.25 bits per heavy atom. The number of rotatable bonds is 0. The van der Waals surface area contributed by atoms with Gasteiger partial charge in [0.1, 0.15) is 6.10 Å². The minimum absolute atomic E-state index is 0.0972. The Labute approximate surface area is 48.6 Å². The zero-order valence-corrected chi connectivity index (χ0v) is 5.18. The molecule has 44 valence electrons. The smallest absolute Gasteiger partial charge is 0.200 e. The van der Waals surface area contributed by atoms with E-state index in [9.17, 15) is 0 Å². The molecule has 1 N–H and O–H groups in total. The summed E-state index contributed by atoms with van der Waals surface area (Å²) < 4.78 is 0.904. The van der Waals surface area contributed by atoms with Gasteiger partial charge in [0.2, 0.25) is 5.70 Å². The van der Waals surface area contributed by atoms with Gasteiger partial charge in [-0.25, -0.2) is 0 Å². The molecule has 0 amide bonds. The Hall–Kier alpha value is -0.340. The molecular weight excluding hydrogens is 102 g/mol. The third-order valence-corrected chi connectivity index (χ3v) is 2.23. The highest BCUT2D eigenvalue weighted by Gasteiger charge is 2.61. The van der Waals surface area contributed by atoms with Crippen molar-refractivity contribution in [2.24, 2.45) is 0 Å². The number of likely N-dealkylation sites (N-methyl/N-ethyl adjacent to an activating group) is 1. The molecule has 0 radical (unpaired) electrons. The van der Waals surface area contributed by atoms with Crippen molar-refractivity contribution in [3.8, 4) is 0 Å². The van der Waals surface area contributed by atoms with Gasteiger partial charge < -0.3 is 5.11 Å². The molecule has 1 aliphatic heterocycles. The van der Waals surface area contributed by atoms with Gasteiger partial charge in [0.15, 0.2) is 5.70 Å². The molecule has 2 nitrogen and oxygen atoms in total. The molecule has 0 saturated heterocycles. The van der Waals surface area contributed by atoms with Gasteiger partial charge in [-0.1, -0.05) is 0 Å². The van der Waals surface area contributed by atoms with Crippen LogP contribution in [0.1, 0.15) is 6.42 Å². The first-order valence-corrected chi connectivity index (χ1v) is 2.90. The van der Waals surface area contributed by atoms with Crippen LogP contribution in [0.5, 0.6) is 0 Å². The third kappa shape index (κ3) is 0.262. The highest BCUT2D eigenvalue weighted by atomic mass is 16.3. The third-order valence-electron chi connectivity index (χ3n) is 2.23. The van der Waals surface area contributed by atoms with Crippen LogP contribution in [-0.4, -0.2) is 29.8 Å². The molecule has 2 heteroatoms. The molecular formula is C6H10NO+. The number of quaternary nitrogens is 1. The van der Waals surface area contributed by atoms with E-state index in [0.29, 0.717) is 0 Å². The summed E-state index contributed by atoms with van der Waals surface area (Å²) in [5.41, 5.74) is 2.70. The van der Waals surface area contributed by atoms with Gasteiger partial charge in [-0.3, -0.25) is 4.48 Å². The van der Waals surface area contributed by atoms with Crippen molar-refractivity contribution < 1.29 is 9.59 Å². The average Bonchev–Trinajstić information content (AvgIpc) is 1.99. The lowest BCUT2D eigenvalue weighted by atomic mass is 10.1. The van der Waals surface area contributed by atoms with Gasteiger partial charge in [-0.2, -0.15) is 0 Å². The van der Waals surface area contributed by atoms with E-state index in [4.69, 9.17) is 5.11 Å². The van der Waals surface area contributed by atoms with Gasteiger partial charge in [-0.05, 0) is 0 Å². The number of hydrogen-bond acceptors (Lipinski definition) is 1. The summed E-state index contributed by atoms with van der Waals surface area (Å²) in [5, 5.41) is 9.02. The average molecular weight is 112 g/mol. The first kappa shape index (κ1) is 4.53. The minimum atomic E-state index is -0.0972. The van der Waals surface area contributed by atoms with Gasteiger partial charge in [-0.15, -0.1) is 0 Å². The van der Waals surface area contributed by atoms with Crippen LogP contribution in [0.3, 0.4) is 0 Å². The van der Waals surface area contributed by atoms with Crippen molar-refractivity contribution in [3.63, 3.8) is 0 Å². The number of aliphatic hydroxyl groups excluding tert-OH is 1. The molecule has 0 aromatic heterocycles. The normalized spacial score (nSPS) is 38.6. The summed E-state index contributed by atoms with van der Waals surface area (Å²) in [7, 11) is 4.22. The highest BCUT2D eigenvalue weighted by Crippen LogP contribution is 2.53. The van der Waals surface area contributed by atoms with Crippen LogP contribution in [0.15, 0.2) is 11.4 Å². The topological polar surface area (TPSA) is 20.2 Å². The maximum Gasteiger partial charge on any atom is 0.200 e. The van der Waals surface area contributed by atoms with E-state index >= 15 is 0 Å². The molecule has 0 aromatic carbocycles. The molecule has 1 atom stereocenters. The van der Waals surface area contributed by atoms with Crippen LogP contribution >= 0.6 is 0 Å². The maximum atomic E-state index is 9.02. The zero-order valence-electron chi connectivity index (χ0n) is 5.18. The molecule has 8 heavy (non-hydrogen) atoms. The summed E-state index contributed by atoms with van der Waals surface area (Å²) in [4.78, 5) is 0. The van der Waals surface area contributed by atoms with Crippen LogP contribution in [0.25, 0.3) is 0 Å². The predicted octanol–water partition coefficient (Wildman–Crippen LogP) is 0.0526. The second-order valence-corrected chi connectivity index (χ2v) is 3.01. The first-order chi connectivity index (χ1) is 3.64. The number of nitrogens with zero attached hydrogens (tertiary/aromatic N) is 1. The summed E-state index contributed by atoms with van der Waals surface area (Å²) >= 11 is 0. The zero-order chi connectivity index (χ0) is 5.94. The molecule has 2 rings (SSSR count). The maximum absolute atomic E-state index is 9.02. The monoisotopic (exact) mass is 112 g/mol. The fourth-order valence-corrected chi connectivity index (χ4v) is 1.55. The lowest BCUT2D eigenvalue weighted by Gasteiger charge is -2.01. The summed E-state index contributed by atoms with van der Waals surface area (Å²) in [6.45, 7) is 0.